The van der Waals surface area contributed by atoms with Crippen LogP contribution in [0, 0.1) is 11.8 Å². The average Bonchev–Trinajstić information content (AvgIpc) is 2.74. The summed E-state index contributed by atoms with van der Waals surface area (Å²) in [5, 5.41) is 3.50. The van der Waals surface area contributed by atoms with Gasteiger partial charge in [-0.2, -0.15) is 0 Å². The van der Waals surface area contributed by atoms with Crippen molar-refractivity contribution in [1.29, 1.82) is 0 Å². The van der Waals surface area contributed by atoms with E-state index < -0.39 is 0 Å². The van der Waals surface area contributed by atoms with Crippen LogP contribution in [-0.2, 0) is 0 Å². The van der Waals surface area contributed by atoms with E-state index in [1.165, 1.54) is 45.6 Å². The summed E-state index contributed by atoms with van der Waals surface area (Å²) in [7, 11) is 2.23. The topological polar surface area (TPSA) is 34.1 Å². The molecule has 2 rings (SSSR count). The molecule has 2 unspecified atom stereocenters. The summed E-state index contributed by atoms with van der Waals surface area (Å²) in [6.07, 6.45) is 3.81. The number of nitrogens with one attached hydrogen (secondary N) is 1. The van der Waals surface area contributed by atoms with Crippen LogP contribution < -0.4 is 5.32 Å². The van der Waals surface area contributed by atoms with Crippen molar-refractivity contribution < 1.29 is 0 Å². The molecular weight excluding hydrogens is 298 g/mol. The summed E-state index contributed by atoms with van der Waals surface area (Å²) in [5.74, 6) is 2.67. The van der Waals surface area contributed by atoms with E-state index in [9.17, 15) is 0 Å². The normalized spacial score (nSPS) is 28.0. The lowest BCUT2D eigenvalue weighted by Crippen LogP contribution is -2.48. The number of likely N-dealkylation sites (N-methyl/N-ethyl adjacent to an activating group) is 1. The van der Waals surface area contributed by atoms with Gasteiger partial charge in [-0.05, 0) is 64.7 Å². The highest BCUT2D eigenvalue weighted by Crippen LogP contribution is 2.20. The van der Waals surface area contributed by atoms with Gasteiger partial charge in [0.1, 0.15) is 0 Å². The highest BCUT2D eigenvalue weighted by molar-refractivity contribution is 5.80. The first kappa shape index (κ1) is 19.5. The summed E-state index contributed by atoms with van der Waals surface area (Å²) in [6, 6.07) is 0. The van der Waals surface area contributed by atoms with Crippen molar-refractivity contribution in [2.24, 2.45) is 16.8 Å². The maximum absolute atomic E-state index is 4.92. The maximum atomic E-state index is 4.92. The van der Waals surface area contributed by atoms with E-state index >= 15 is 0 Å². The average molecular weight is 338 g/mol. The number of rotatable bonds is 5. The Morgan fingerprint density at radius 3 is 2.54 bits per heavy atom. The Labute approximate surface area is 149 Å². The molecule has 1 N–H and O–H groups in total. The van der Waals surface area contributed by atoms with Crippen molar-refractivity contribution in [3.63, 3.8) is 0 Å². The lowest BCUT2D eigenvalue weighted by molar-refractivity contribution is 0.208. The Morgan fingerprint density at radius 2 is 1.83 bits per heavy atom. The van der Waals surface area contributed by atoms with Gasteiger partial charge in [0.15, 0.2) is 5.96 Å². The molecule has 0 saturated carbocycles. The lowest BCUT2D eigenvalue weighted by atomic mass is 9.92. The van der Waals surface area contributed by atoms with Gasteiger partial charge >= 0.3 is 0 Å². The summed E-state index contributed by atoms with van der Waals surface area (Å²) in [4.78, 5) is 12.5. The molecule has 2 aliphatic heterocycles. The standard InChI is InChI=1S/C19H39N5/c1-5-20-19(24-15-17(2)14-18(3)16-24)21-8-6-10-23-11-7-9-22(4)12-13-23/h17-18H,5-16H2,1-4H3,(H,20,21). The Kier molecular flexibility index (Phi) is 8.33. The fourth-order valence-electron chi connectivity index (χ4n) is 4.06. The molecular formula is C19H39N5. The van der Waals surface area contributed by atoms with E-state index in [2.05, 4.69) is 47.8 Å². The fraction of sp³-hybridized carbons (Fsp3) is 0.947. The molecule has 0 aromatic carbocycles. The maximum Gasteiger partial charge on any atom is 0.193 e. The zero-order valence-corrected chi connectivity index (χ0v) is 16.4. The monoisotopic (exact) mass is 337 g/mol. The third-order valence-corrected chi connectivity index (χ3v) is 5.21. The minimum atomic E-state index is 0.770. The molecule has 5 nitrogen and oxygen atoms in total. The number of hydrogen-bond donors (Lipinski definition) is 1. The van der Waals surface area contributed by atoms with Gasteiger partial charge in [-0.1, -0.05) is 13.8 Å². The lowest BCUT2D eigenvalue weighted by Gasteiger charge is -2.37. The van der Waals surface area contributed by atoms with E-state index in [0.717, 1.165) is 50.4 Å². The molecule has 5 heteroatoms. The SMILES string of the molecule is CCNC(=NCCCN1CCCN(C)CC1)N1CC(C)CC(C)C1. The Bertz CT molecular complexity index is 374. The van der Waals surface area contributed by atoms with Crippen LogP contribution in [0.4, 0.5) is 0 Å². The van der Waals surface area contributed by atoms with Gasteiger partial charge in [0.05, 0.1) is 0 Å². The fourth-order valence-corrected chi connectivity index (χ4v) is 4.06. The molecule has 140 valence electrons. The number of guanidine groups is 1. The van der Waals surface area contributed by atoms with E-state index in [1.54, 1.807) is 0 Å². The number of likely N-dealkylation sites (tertiary alicyclic amines) is 1. The quantitative estimate of drug-likeness (QED) is 0.472. The van der Waals surface area contributed by atoms with Crippen LogP contribution in [0.2, 0.25) is 0 Å². The summed E-state index contributed by atoms with van der Waals surface area (Å²) in [6.45, 7) is 17.2. The zero-order valence-electron chi connectivity index (χ0n) is 16.4. The van der Waals surface area contributed by atoms with Crippen LogP contribution in [0.25, 0.3) is 0 Å². The Morgan fingerprint density at radius 1 is 1.08 bits per heavy atom. The number of aliphatic imine (C=N–C) groups is 1. The second-order valence-corrected chi connectivity index (χ2v) is 7.94. The van der Waals surface area contributed by atoms with Crippen LogP contribution in [0.5, 0.6) is 0 Å². The molecule has 2 heterocycles. The predicted molar refractivity (Wildman–Crippen MR) is 104 cm³/mol. The predicted octanol–water partition coefficient (Wildman–Crippen LogP) is 1.96. The molecule has 0 aromatic rings. The van der Waals surface area contributed by atoms with E-state index in [4.69, 9.17) is 4.99 Å². The molecule has 2 saturated heterocycles. The zero-order chi connectivity index (χ0) is 17.4. The van der Waals surface area contributed by atoms with Crippen molar-refractivity contribution in [3.05, 3.63) is 0 Å². The van der Waals surface area contributed by atoms with Crippen LogP contribution in [0.15, 0.2) is 4.99 Å². The van der Waals surface area contributed by atoms with Gasteiger partial charge in [0.2, 0.25) is 0 Å². The molecule has 2 fully saturated rings. The van der Waals surface area contributed by atoms with Gasteiger partial charge < -0.3 is 20.0 Å². The number of hydrogen-bond acceptors (Lipinski definition) is 3. The molecule has 0 radical (unpaired) electrons. The van der Waals surface area contributed by atoms with Crippen molar-refractivity contribution in [2.75, 3.05) is 66.0 Å². The molecule has 0 aliphatic carbocycles. The summed E-state index contributed by atoms with van der Waals surface area (Å²) >= 11 is 0. The van der Waals surface area contributed by atoms with Crippen molar-refractivity contribution >= 4 is 5.96 Å². The second kappa shape index (κ2) is 10.2. The van der Waals surface area contributed by atoms with Crippen LogP contribution in [-0.4, -0.2) is 86.6 Å². The van der Waals surface area contributed by atoms with E-state index in [-0.39, 0.29) is 0 Å². The Hall–Kier alpha value is -0.810. The van der Waals surface area contributed by atoms with Crippen LogP contribution >= 0.6 is 0 Å². The summed E-state index contributed by atoms with van der Waals surface area (Å²) < 4.78 is 0. The smallest absolute Gasteiger partial charge is 0.193 e. The third kappa shape index (κ3) is 6.60. The van der Waals surface area contributed by atoms with E-state index in [0.29, 0.717) is 0 Å². The van der Waals surface area contributed by atoms with E-state index in [1.807, 2.05) is 0 Å². The first-order chi connectivity index (χ1) is 11.6. The third-order valence-electron chi connectivity index (χ3n) is 5.21. The van der Waals surface area contributed by atoms with Gasteiger partial charge in [0, 0.05) is 39.3 Å². The highest BCUT2D eigenvalue weighted by atomic mass is 15.3. The Balaban J connectivity index is 1.78. The van der Waals surface area contributed by atoms with Crippen molar-refractivity contribution in [2.45, 2.75) is 40.0 Å². The molecule has 24 heavy (non-hydrogen) atoms. The van der Waals surface area contributed by atoms with Gasteiger partial charge in [0.25, 0.3) is 0 Å². The van der Waals surface area contributed by atoms with Gasteiger partial charge in [-0.15, -0.1) is 0 Å². The minimum absolute atomic E-state index is 0.770. The molecule has 0 amide bonds. The first-order valence-corrected chi connectivity index (χ1v) is 10.0. The van der Waals surface area contributed by atoms with Crippen molar-refractivity contribution in [3.8, 4) is 0 Å². The number of nitrogens with zero attached hydrogens (tertiary/aromatic N) is 4. The first-order valence-electron chi connectivity index (χ1n) is 10.0. The molecule has 0 bridgehead atoms. The number of piperidine rings is 1. The van der Waals surface area contributed by atoms with Crippen LogP contribution in [0.3, 0.4) is 0 Å². The minimum Gasteiger partial charge on any atom is -0.357 e. The van der Waals surface area contributed by atoms with Gasteiger partial charge in [-0.3, -0.25) is 4.99 Å². The van der Waals surface area contributed by atoms with Crippen molar-refractivity contribution in [1.82, 2.24) is 20.0 Å². The molecule has 0 spiro atoms. The van der Waals surface area contributed by atoms with Crippen LogP contribution in [0.1, 0.15) is 40.0 Å². The van der Waals surface area contributed by atoms with Gasteiger partial charge in [-0.25, -0.2) is 0 Å². The molecule has 2 atom stereocenters. The molecule has 0 aromatic heterocycles. The largest absolute Gasteiger partial charge is 0.357 e. The molecule has 2 aliphatic rings. The summed E-state index contributed by atoms with van der Waals surface area (Å²) in [5.41, 5.74) is 0. The highest BCUT2D eigenvalue weighted by Gasteiger charge is 2.23. The second-order valence-electron chi connectivity index (χ2n) is 7.94.